The zero-order valence-electron chi connectivity index (χ0n) is 14.7. The first kappa shape index (κ1) is 16.5. The Labute approximate surface area is 144 Å². The molecule has 0 aromatic heterocycles. The van der Waals surface area contributed by atoms with E-state index in [1.165, 1.54) is 16.7 Å². The molecule has 1 heterocycles. The van der Waals surface area contributed by atoms with Gasteiger partial charge in [0.25, 0.3) is 0 Å². The van der Waals surface area contributed by atoms with Gasteiger partial charge in [-0.15, -0.1) is 0 Å². The largest absolute Gasteiger partial charge is 0.348 e. The lowest BCUT2D eigenvalue weighted by Crippen LogP contribution is -2.36. The van der Waals surface area contributed by atoms with Crippen molar-refractivity contribution in [3.05, 3.63) is 71.3 Å². The van der Waals surface area contributed by atoms with Crippen LogP contribution in [0, 0.1) is 0 Å². The second kappa shape index (κ2) is 7.49. The molecule has 0 saturated heterocycles. The van der Waals surface area contributed by atoms with Crippen LogP contribution in [-0.2, 0) is 13.1 Å². The molecular formula is C20H26N4. The minimum Gasteiger partial charge on any atom is -0.348 e. The van der Waals surface area contributed by atoms with Gasteiger partial charge in [0.2, 0.25) is 0 Å². The van der Waals surface area contributed by atoms with E-state index in [-0.39, 0.29) is 6.04 Å². The normalized spacial score (nSPS) is 16.8. The maximum Gasteiger partial charge on any atom is 0.194 e. The molecule has 1 N–H and O–H groups in total. The van der Waals surface area contributed by atoms with E-state index in [2.05, 4.69) is 89.8 Å². The molecule has 3 rings (SSSR count). The Balaban J connectivity index is 1.56. The molecule has 1 atom stereocenters. The molecular weight excluding hydrogens is 296 g/mol. The maximum absolute atomic E-state index is 4.67. The first-order chi connectivity index (χ1) is 11.6. The van der Waals surface area contributed by atoms with Crippen molar-refractivity contribution in [3.8, 4) is 0 Å². The summed E-state index contributed by atoms with van der Waals surface area (Å²) < 4.78 is 0. The lowest BCUT2D eigenvalue weighted by Gasteiger charge is -2.21. The van der Waals surface area contributed by atoms with Gasteiger partial charge < -0.3 is 15.1 Å². The molecule has 4 nitrogen and oxygen atoms in total. The van der Waals surface area contributed by atoms with Crippen LogP contribution < -0.4 is 5.32 Å². The lowest BCUT2D eigenvalue weighted by molar-refractivity contribution is 0.402. The Bertz CT molecular complexity index is 677. The average molecular weight is 322 g/mol. The molecule has 0 bridgehead atoms. The Morgan fingerprint density at radius 1 is 0.917 bits per heavy atom. The van der Waals surface area contributed by atoms with Crippen LogP contribution in [0.25, 0.3) is 0 Å². The molecule has 0 aliphatic carbocycles. The van der Waals surface area contributed by atoms with Crippen LogP contribution >= 0.6 is 0 Å². The van der Waals surface area contributed by atoms with Crippen molar-refractivity contribution in [3.63, 3.8) is 0 Å². The summed E-state index contributed by atoms with van der Waals surface area (Å²) in [5.74, 6) is 0.973. The molecule has 126 valence electrons. The minimum atomic E-state index is 0.283. The van der Waals surface area contributed by atoms with Gasteiger partial charge in [-0.25, -0.2) is 0 Å². The van der Waals surface area contributed by atoms with Crippen molar-refractivity contribution in [2.75, 3.05) is 27.7 Å². The summed E-state index contributed by atoms with van der Waals surface area (Å²) in [6.07, 6.45) is 0. The monoisotopic (exact) mass is 322 g/mol. The van der Waals surface area contributed by atoms with Crippen LogP contribution in [0.4, 0.5) is 0 Å². The van der Waals surface area contributed by atoms with E-state index >= 15 is 0 Å². The van der Waals surface area contributed by atoms with Gasteiger partial charge in [0.05, 0.1) is 12.6 Å². The summed E-state index contributed by atoms with van der Waals surface area (Å²) in [6.45, 7) is 2.63. The van der Waals surface area contributed by atoms with Crippen molar-refractivity contribution >= 4 is 5.96 Å². The van der Waals surface area contributed by atoms with Crippen LogP contribution in [0.1, 0.15) is 22.7 Å². The number of hydrogen-bond donors (Lipinski definition) is 1. The summed E-state index contributed by atoms with van der Waals surface area (Å²) in [7, 11) is 6.27. The fourth-order valence-corrected chi connectivity index (χ4v) is 2.99. The second-order valence-corrected chi connectivity index (χ2v) is 6.68. The van der Waals surface area contributed by atoms with Crippen LogP contribution in [-0.4, -0.2) is 43.4 Å². The molecule has 2 aromatic rings. The van der Waals surface area contributed by atoms with Gasteiger partial charge in [-0.2, -0.15) is 0 Å². The van der Waals surface area contributed by atoms with Gasteiger partial charge >= 0.3 is 0 Å². The first-order valence-electron chi connectivity index (χ1n) is 8.41. The summed E-state index contributed by atoms with van der Waals surface area (Å²) in [6, 6.07) is 19.6. The Morgan fingerprint density at radius 3 is 2.17 bits per heavy atom. The van der Waals surface area contributed by atoms with Gasteiger partial charge in [0.1, 0.15) is 0 Å². The minimum absolute atomic E-state index is 0.283. The fraction of sp³-hybridized carbons (Fsp3) is 0.350. The number of aliphatic imine (C=N–C) groups is 1. The average Bonchev–Trinajstić information content (AvgIpc) is 3.07. The van der Waals surface area contributed by atoms with E-state index in [9.17, 15) is 0 Å². The summed E-state index contributed by atoms with van der Waals surface area (Å²) >= 11 is 0. The molecule has 1 aliphatic heterocycles. The standard InChI is InChI=1S/C20H26N4/c1-23(2)14-16-9-11-17(12-10-16)15-24(3)20-21-13-19(22-20)18-7-5-4-6-8-18/h4-12,19H,13-15H2,1-3H3,(H,21,22). The second-order valence-electron chi connectivity index (χ2n) is 6.68. The SMILES string of the molecule is CN(C)Cc1ccc(CN(C)C2=NCC(c3ccccc3)N2)cc1. The topological polar surface area (TPSA) is 30.9 Å². The van der Waals surface area contributed by atoms with Gasteiger partial charge in [0, 0.05) is 20.1 Å². The molecule has 2 aromatic carbocycles. The number of hydrogen-bond acceptors (Lipinski definition) is 4. The van der Waals surface area contributed by atoms with Crippen LogP contribution in [0.5, 0.6) is 0 Å². The predicted molar refractivity (Wildman–Crippen MR) is 99.9 cm³/mol. The third-order valence-electron chi connectivity index (χ3n) is 4.23. The van der Waals surface area contributed by atoms with Gasteiger partial charge in [0.15, 0.2) is 5.96 Å². The Kier molecular flexibility index (Phi) is 5.16. The van der Waals surface area contributed by atoms with E-state index in [4.69, 9.17) is 0 Å². The van der Waals surface area contributed by atoms with E-state index in [0.717, 1.165) is 25.6 Å². The van der Waals surface area contributed by atoms with Gasteiger partial charge in [-0.05, 0) is 30.8 Å². The first-order valence-corrected chi connectivity index (χ1v) is 8.41. The summed E-state index contributed by atoms with van der Waals surface area (Å²) in [4.78, 5) is 9.04. The molecule has 1 aliphatic rings. The van der Waals surface area contributed by atoms with E-state index in [1.807, 2.05) is 6.07 Å². The molecule has 0 radical (unpaired) electrons. The third-order valence-corrected chi connectivity index (χ3v) is 4.23. The number of guanidine groups is 1. The number of benzene rings is 2. The van der Waals surface area contributed by atoms with E-state index < -0.39 is 0 Å². The van der Waals surface area contributed by atoms with Crippen LogP contribution in [0.3, 0.4) is 0 Å². The van der Waals surface area contributed by atoms with Gasteiger partial charge in [-0.3, -0.25) is 4.99 Å². The molecule has 0 saturated carbocycles. The summed E-state index contributed by atoms with van der Waals surface area (Å²) in [5, 5.41) is 3.53. The van der Waals surface area contributed by atoms with Crippen LogP contribution in [0.2, 0.25) is 0 Å². The zero-order chi connectivity index (χ0) is 16.9. The highest BCUT2D eigenvalue weighted by atomic mass is 15.3. The quantitative estimate of drug-likeness (QED) is 0.918. The van der Waals surface area contributed by atoms with E-state index in [0.29, 0.717) is 0 Å². The molecule has 1 unspecified atom stereocenters. The molecule has 24 heavy (non-hydrogen) atoms. The predicted octanol–water partition coefficient (Wildman–Crippen LogP) is 2.88. The maximum atomic E-state index is 4.67. The Hall–Kier alpha value is -2.33. The third kappa shape index (κ3) is 4.15. The fourth-order valence-electron chi connectivity index (χ4n) is 2.99. The van der Waals surface area contributed by atoms with Crippen LogP contribution in [0.15, 0.2) is 59.6 Å². The number of nitrogens with zero attached hydrogens (tertiary/aromatic N) is 3. The smallest absolute Gasteiger partial charge is 0.194 e. The molecule has 4 heteroatoms. The highest BCUT2D eigenvalue weighted by Gasteiger charge is 2.21. The highest BCUT2D eigenvalue weighted by Crippen LogP contribution is 2.18. The number of rotatable bonds is 5. The van der Waals surface area contributed by atoms with Crippen molar-refractivity contribution in [1.29, 1.82) is 0 Å². The summed E-state index contributed by atoms with van der Waals surface area (Å²) in [5.41, 5.74) is 3.93. The molecule has 0 fully saturated rings. The van der Waals surface area contributed by atoms with Gasteiger partial charge in [-0.1, -0.05) is 54.6 Å². The highest BCUT2D eigenvalue weighted by molar-refractivity contribution is 5.82. The van der Waals surface area contributed by atoms with Crippen molar-refractivity contribution < 1.29 is 0 Å². The van der Waals surface area contributed by atoms with Crippen molar-refractivity contribution in [2.24, 2.45) is 4.99 Å². The molecule has 0 amide bonds. The van der Waals surface area contributed by atoms with E-state index in [1.54, 1.807) is 0 Å². The molecule has 0 spiro atoms. The van der Waals surface area contributed by atoms with Crippen molar-refractivity contribution in [2.45, 2.75) is 19.1 Å². The lowest BCUT2D eigenvalue weighted by atomic mass is 10.1. The zero-order valence-corrected chi connectivity index (χ0v) is 14.7. The Morgan fingerprint density at radius 2 is 1.54 bits per heavy atom. The number of nitrogens with one attached hydrogen (secondary N) is 1. The van der Waals surface area contributed by atoms with Crippen molar-refractivity contribution in [1.82, 2.24) is 15.1 Å².